The van der Waals surface area contributed by atoms with Crippen molar-refractivity contribution in [3.05, 3.63) is 23.8 Å². The van der Waals surface area contributed by atoms with Crippen molar-refractivity contribution in [2.75, 3.05) is 19.0 Å². The molecule has 1 aromatic carbocycles. The number of nitrogens with one attached hydrogen (secondary N) is 2. The molecule has 1 aliphatic heterocycles. The van der Waals surface area contributed by atoms with E-state index >= 15 is 0 Å². The number of carbonyl (C=O) groups excluding carboxylic acids is 3. The van der Waals surface area contributed by atoms with Gasteiger partial charge < -0.3 is 20.1 Å². The Morgan fingerprint density at radius 2 is 2.26 bits per heavy atom. The van der Waals surface area contributed by atoms with E-state index in [-0.39, 0.29) is 19.1 Å². The van der Waals surface area contributed by atoms with Gasteiger partial charge in [-0.3, -0.25) is 9.59 Å². The van der Waals surface area contributed by atoms with Crippen molar-refractivity contribution in [1.29, 1.82) is 0 Å². The molecule has 2 rings (SSSR count). The Morgan fingerprint density at radius 3 is 3.00 bits per heavy atom. The van der Waals surface area contributed by atoms with E-state index in [0.29, 0.717) is 11.4 Å². The highest BCUT2D eigenvalue weighted by Gasteiger charge is 2.17. The Hall–Kier alpha value is -2.57. The van der Waals surface area contributed by atoms with Crippen LogP contribution in [-0.4, -0.2) is 31.5 Å². The molecule has 0 unspecified atom stereocenters. The van der Waals surface area contributed by atoms with E-state index in [2.05, 4.69) is 15.4 Å². The van der Waals surface area contributed by atoms with Gasteiger partial charge >= 0.3 is 11.9 Å². The summed E-state index contributed by atoms with van der Waals surface area (Å²) in [5.74, 6) is -1.43. The molecule has 1 aromatic rings. The van der Waals surface area contributed by atoms with Gasteiger partial charge in [-0.25, -0.2) is 4.79 Å². The lowest BCUT2D eigenvalue weighted by molar-refractivity contribution is -0.152. The zero-order chi connectivity index (χ0) is 13.8. The Bertz CT molecular complexity index is 541. The number of rotatable bonds is 2. The Morgan fingerprint density at radius 1 is 1.47 bits per heavy atom. The van der Waals surface area contributed by atoms with E-state index in [1.165, 1.54) is 0 Å². The molecular formula is C12H12N2O5. The van der Waals surface area contributed by atoms with Crippen LogP contribution in [-0.2, 0) is 25.7 Å². The number of benzene rings is 1. The maximum atomic E-state index is 11.2. The van der Waals surface area contributed by atoms with Crippen molar-refractivity contribution in [2.24, 2.45) is 0 Å². The van der Waals surface area contributed by atoms with Gasteiger partial charge in [0, 0.05) is 6.54 Å². The molecule has 2 amide bonds. The van der Waals surface area contributed by atoms with Crippen molar-refractivity contribution < 1.29 is 23.9 Å². The highest BCUT2D eigenvalue weighted by Crippen LogP contribution is 2.28. The summed E-state index contributed by atoms with van der Waals surface area (Å²) in [7, 11) is 1.13. The fourth-order valence-electron chi connectivity index (χ4n) is 1.59. The predicted molar refractivity (Wildman–Crippen MR) is 64.4 cm³/mol. The van der Waals surface area contributed by atoms with Crippen LogP contribution in [0.5, 0.6) is 5.75 Å². The van der Waals surface area contributed by atoms with Crippen LogP contribution in [0.15, 0.2) is 18.2 Å². The van der Waals surface area contributed by atoms with Gasteiger partial charge in [0.25, 0.3) is 5.91 Å². The summed E-state index contributed by atoms with van der Waals surface area (Å²) in [4.78, 5) is 33.3. The number of amides is 2. The Kier molecular flexibility index (Phi) is 3.65. The molecule has 0 atom stereocenters. The lowest BCUT2D eigenvalue weighted by atomic mass is 10.1. The maximum Gasteiger partial charge on any atom is 0.396 e. The second-order valence-corrected chi connectivity index (χ2v) is 3.84. The number of carbonyl (C=O) groups is 3. The van der Waals surface area contributed by atoms with Gasteiger partial charge in [-0.2, -0.15) is 0 Å². The van der Waals surface area contributed by atoms with E-state index in [1.807, 2.05) is 0 Å². The summed E-state index contributed by atoms with van der Waals surface area (Å²) in [5, 5.41) is 5.05. The fourth-order valence-corrected chi connectivity index (χ4v) is 1.59. The lowest BCUT2D eigenvalue weighted by Gasteiger charge is -2.18. The summed E-state index contributed by atoms with van der Waals surface area (Å²) in [6.07, 6.45) is 0. The minimum absolute atomic E-state index is 0.00851. The summed E-state index contributed by atoms with van der Waals surface area (Å²) < 4.78 is 9.48. The second-order valence-electron chi connectivity index (χ2n) is 3.84. The summed E-state index contributed by atoms with van der Waals surface area (Å²) >= 11 is 0. The van der Waals surface area contributed by atoms with Gasteiger partial charge in [0.1, 0.15) is 5.75 Å². The summed E-state index contributed by atoms with van der Waals surface area (Å²) in [6, 6.07) is 5.09. The van der Waals surface area contributed by atoms with Crippen molar-refractivity contribution in [2.45, 2.75) is 6.54 Å². The highest BCUT2D eigenvalue weighted by atomic mass is 16.5. The molecule has 0 saturated heterocycles. The van der Waals surface area contributed by atoms with Gasteiger partial charge in [-0.15, -0.1) is 0 Å². The van der Waals surface area contributed by atoms with Crippen LogP contribution >= 0.6 is 0 Å². The van der Waals surface area contributed by atoms with Gasteiger partial charge in [-0.1, -0.05) is 6.07 Å². The van der Waals surface area contributed by atoms with Crippen LogP contribution < -0.4 is 15.4 Å². The molecule has 0 spiro atoms. The van der Waals surface area contributed by atoms with Crippen LogP contribution in [0.25, 0.3) is 0 Å². The number of esters is 1. The monoisotopic (exact) mass is 264 g/mol. The van der Waals surface area contributed by atoms with Crippen LogP contribution in [0.2, 0.25) is 0 Å². The molecule has 2 N–H and O–H groups in total. The molecule has 19 heavy (non-hydrogen) atoms. The van der Waals surface area contributed by atoms with E-state index in [1.54, 1.807) is 18.2 Å². The van der Waals surface area contributed by atoms with E-state index in [9.17, 15) is 14.4 Å². The van der Waals surface area contributed by atoms with Crippen molar-refractivity contribution in [3.63, 3.8) is 0 Å². The van der Waals surface area contributed by atoms with E-state index in [4.69, 9.17) is 4.74 Å². The summed E-state index contributed by atoms with van der Waals surface area (Å²) in [5.41, 5.74) is 1.27. The zero-order valence-electron chi connectivity index (χ0n) is 10.2. The molecule has 7 nitrogen and oxygen atoms in total. The SMILES string of the molecule is COC(=O)C(=O)NCc1ccc2c(c1)NC(=O)CO2. The largest absolute Gasteiger partial charge is 0.482 e. The maximum absolute atomic E-state index is 11.2. The molecule has 0 aromatic heterocycles. The van der Waals surface area contributed by atoms with Crippen LogP contribution in [0.3, 0.4) is 0 Å². The third-order valence-electron chi connectivity index (χ3n) is 2.50. The molecule has 7 heteroatoms. The average molecular weight is 264 g/mol. The van der Waals surface area contributed by atoms with Crippen LogP contribution in [0.1, 0.15) is 5.56 Å². The normalized spacial score (nSPS) is 12.8. The van der Waals surface area contributed by atoms with Crippen molar-refractivity contribution in [1.82, 2.24) is 5.32 Å². The number of ether oxygens (including phenoxy) is 2. The van der Waals surface area contributed by atoms with Gasteiger partial charge in [-0.05, 0) is 17.7 Å². The molecule has 0 fully saturated rings. The standard InChI is InChI=1S/C12H12N2O5/c1-18-12(17)11(16)13-5-7-2-3-9-8(4-7)14-10(15)6-19-9/h2-4H,5-6H2,1H3,(H,13,16)(H,14,15). The number of anilines is 1. The van der Waals surface area contributed by atoms with Gasteiger partial charge in [0.2, 0.25) is 0 Å². The van der Waals surface area contributed by atoms with E-state index in [0.717, 1.165) is 12.7 Å². The molecule has 0 radical (unpaired) electrons. The molecule has 0 aliphatic carbocycles. The third-order valence-corrected chi connectivity index (χ3v) is 2.50. The van der Waals surface area contributed by atoms with Crippen LogP contribution in [0.4, 0.5) is 5.69 Å². The minimum atomic E-state index is -0.949. The second kappa shape index (κ2) is 5.38. The molecule has 1 aliphatic rings. The molecule has 0 saturated carbocycles. The molecular weight excluding hydrogens is 252 g/mol. The average Bonchev–Trinajstić information content (AvgIpc) is 2.43. The minimum Gasteiger partial charge on any atom is -0.482 e. The van der Waals surface area contributed by atoms with E-state index < -0.39 is 11.9 Å². The number of hydrogen-bond acceptors (Lipinski definition) is 5. The molecule has 1 heterocycles. The fraction of sp³-hybridized carbons (Fsp3) is 0.250. The highest BCUT2D eigenvalue weighted by molar-refractivity contribution is 6.32. The third kappa shape index (κ3) is 3.01. The smallest absolute Gasteiger partial charge is 0.396 e. The zero-order valence-corrected chi connectivity index (χ0v) is 10.2. The first-order chi connectivity index (χ1) is 9.10. The first-order valence-corrected chi connectivity index (χ1v) is 5.52. The number of fused-ring (bicyclic) bond motifs is 1. The molecule has 100 valence electrons. The number of hydrogen-bond donors (Lipinski definition) is 2. The summed E-state index contributed by atoms with van der Waals surface area (Å²) in [6.45, 7) is 0.141. The predicted octanol–water partition coefficient (Wildman–Crippen LogP) is -0.193. The first kappa shape index (κ1) is 12.9. The topological polar surface area (TPSA) is 93.7 Å². The quantitative estimate of drug-likeness (QED) is 0.570. The number of methoxy groups -OCH3 is 1. The molecule has 0 bridgehead atoms. The van der Waals surface area contributed by atoms with Crippen molar-refractivity contribution in [3.8, 4) is 5.75 Å². The Balaban J connectivity index is 2.02. The van der Waals surface area contributed by atoms with Gasteiger partial charge in [0.05, 0.1) is 12.8 Å². The van der Waals surface area contributed by atoms with Crippen LogP contribution in [0, 0.1) is 0 Å². The van der Waals surface area contributed by atoms with Gasteiger partial charge in [0.15, 0.2) is 6.61 Å². The van der Waals surface area contributed by atoms with Crippen molar-refractivity contribution >= 4 is 23.5 Å². The first-order valence-electron chi connectivity index (χ1n) is 5.52. The lowest BCUT2D eigenvalue weighted by Crippen LogP contribution is -2.31. The Labute approximate surface area is 108 Å².